The summed E-state index contributed by atoms with van der Waals surface area (Å²) in [6.07, 6.45) is 4.38. The molecule has 2 fully saturated rings. The Morgan fingerprint density at radius 3 is 2.71 bits per heavy atom. The Bertz CT molecular complexity index is 233. The van der Waals surface area contributed by atoms with E-state index >= 15 is 0 Å². The molecule has 4 nitrogen and oxygen atoms in total. The number of hydrogen-bond donors (Lipinski definition) is 1. The van der Waals surface area contributed by atoms with Gasteiger partial charge in [-0.25, -0.2) is 0 Å². The molecule has 100 valence electrons. The third kappa shape index (κ3) is 3.41. The van der Waals surface area contributed by atoms with Crippen LogP contribution in [0, 0.1) is 0 Å². The molecule has 2 saturated carbocycles. The predicted molar refractivity (Wildman–Crippen MR) is 68.3 cm³/mol. The van der Waals surface area contributed by atoms with Crippen LogP contribution in [0.15, 0.2) is 0 Å². The van der Waals surface area contributed by atoms with Gasteiger partial charge in [0.1, 0.15) is 0 Å². The zero-order chi connectivity index (χ0) is 12.3. The van der Waals surface area contributed by atoms with Crippen LogP contribution in [0.25, 0.3) is 0 Å². The molecule has 0 aromatic carbocycles. The molecule has 1 N–H and O–H groups in total. The summed E-state index contributed by atoms with van der Waals surface area (Å²) >= 11 is 0. The van der Waals surface area contributed by atoms with Crippen molar-refractivity contribution in [2.24, 2.45) is 0 Å². The van der Waals surface area contributed by atoms with E-state index in [2.05, 4.69) is 17.3 Å². The second-order valence-electron chi connectivity index (χ2n) is 5.20. The third-order valence-electron chi connectivity index (χ3n) is 3.94. The Balaban J connectivity index is 1.59. The van der Waals surface area contributed by atoms with E-state index in [1.807, 2.05) is 6.92 Å². The van der Waals surface area contributed by atoms with Crippen molar-refractivity contribution in [1.82, 2.24) is 10.2 Å². The summed E-state index contributed by atoms with van der Waals surface area (Å²) in [6.45, 7) is 5.01. The van der Waals surface area contributed by atoms with Crippen LogP contribution in [0.1, 0.15) is 26.2 Å². The highest BCUT2D eigenvalue weighted by Crippen LogP contribution is 2.27. The summed E-state index contributed by atoms with van der Waals surface area (Å²) in [4.78, 5) is 2.45. The number of likely N-dealkylation sites (N-methyl/N-ethyl adjacent to an activating group) is 1. The predicted octanol–water partition coefficient (Wildman–Crippen LogP) is 0.863. The summed E-state index contributed by atoms with van der Waals surface area (Å²) in [7, 11) is 4.00. The molecular formula is C13H26N2O2. The molecule has 0 radical (unpaired) electrons. The van der Waals surface area contributed by atoms with Gasteiger partial charge in [-0.3, -0.25) is 0 Å². The van der Waals surface area contributed by atoms with Crippen LogP contribution in [-0.4, -0.2) is 63.0 Å². The van der Waals surface area contributed by atoms with Crippen molar-refractivity contribution < 1.29 is 9.47 Å². The van der Waals surface area contributed by atoms with Crippen LogP contribution in [0.4, 0.5) is 0 Å². The fourth-order valence-electron chi connectivity index (χ4n) is 2.60. The van der Waals surface area contributed by atoms with E-state index in [-0.39, 0.29) is 6.10 Å². The van der Waals surface area contributed by atoms with E-state index < -0.39 is 0 Å². The molecule has 2 aliphatic rings. The summed E-state index contributed by atoms with van der Waals surface area (Å²) < 4.78 is 11.1. The fraction of sp³-hybridized carbons (Fsp3) is 1.00. The largest absolute Gasteiger partial charge is 0.377 e. The highest BCUT2D eigenvalue weighted by molar-refractivity contribution is 4.97. The Labute approximate surface area is 105 Å². The first kappa shape index (κ1) is 13.3. The van der Waals surface area contributed by atoms with Gasteiger partial charge in [-0.15, -0.1) is 0 Å². The smallest absolute Gasteiger partial charge is 0.0986 e. The lowest BCUT2D eigenvalue weighted by Gasteiger charge is -2.43. The first-order chi connectivity index (χ1) is 8.26. The molecule has 3 atom stereocenters. The molecule has 4 heteroatoms. The minimum absolute atomic E-state index is 0.237. The Morgan fingerprint density at radius 1 is 1.35 bits per heavy atom. The SMILES string of the molecule is CCOC1CC(NCCN(C)C2CC2)C1OC. The van der Waals surface area contributed by atoms with Gasteiger partial charge in [-0.2, -0.15) is 0 Å². The average Bonchev–Trinajstić information content (AvgIpc) is 3.10. The maximum absolute atomic E-state index is 5.61. The van der Waals surface area contributed by atoms with Gasteiger partial charge in [0.15, 0.2) is 0 Å². The number of rotatable bonds is 8. The summed E-state index contributed by atoms with van der Waals surface area (Å²) in [5.41, 5.74) is 0. The molecule has 2 rings (SSSR count). The highest BCUT2D eigenvalue weighted by Gasteiger charge is 2.41. The summed E-state index contributed by atoms with van der Waals surface area (Å²) in [5, 5.41) is 3.58. The van der Waals surface area contributed by atoms with Crippen molar-refractivity contribution in [2.75, 3.05) is 33.9 Å². The van der Waals surface area contributed by atoms with Gasteiger partial charge in [0.05, 0.1) is 12.2 Å². The van der Waals surface area contributed by atoms with Crippen molar-refractivity contribution in [3.05, 3.63) is 0 Å². The Kier molecular flexibility index (Phi) is 4.79. The second kappa shape index (κ2) is 6.14. The lowest BCUT2D eigenvalue weighted by atomic mass is 9.85. The maximum atomic E-state index is 5.61. The molecule has 0 aromatic rings. The summed E-state index contributed by atoms with van der Waals surface area (Å²) in [6, 6.07) is 1.33. The maximum Gasteiger partial charge on any atom is 0.0986 e. The molecule has 0 saturated heterocycles. The van der Waals surface area contributed by atoms with Crippen molar-refractivity contribution in [3.8, 4) is 0 Å². The van der Waals surface area contributed by atoms with Crippen LogP contribution in [-0.2, 0) is 9.47 Å². The fourth-order valence-corrected chi connectivity index (χ4v) is 2.60. The van der Waals surface area contributed by atoms with Crippen molar-refractivity contribution >= 4 is 0 Å². The zero-order valence-electron chi connectivity index (χ0n) is 11.3. The zero-order valence-corrected chi connectivity index (χ0v) is 11.3. The normalized spacial score (nSPS) is 32.8. The van der Waals surface area contributed by atoms with Gasteiger partial charge in [0, 0.05) is 38.9 Å². The molecule has 17 heavy (non-hydrogen) atoms. The topological polar surface area (TPSA) is 33.7 Å². The Morgan fingerprint density at radius 2 is 2.12 bits per heavy atom. The minimum Gasteiger partial charge on any atom is -0.377 e. The molecule has 0 bridgehead atoms. The molecule has 0 aromatic heterocycles. The molecule has 3 unspecified atom stereocenters. The number of ether oxygens (including phenoxy) is 2. The van der Waals surface area contributed by atoms with E-state index in [1.54, 1.807) is 7.11 Å². The standard InChI is InChI=1S/C13H26N2O2/c1-4-17-12-9-11(13(12)16-3)14-7-8-15(2)10-5-6-10/h10-14H,4-9H2,1-3H3. The number of nitrogens with one attached hydrogen (secondary N) is 1. The van der Waals surface area contributed by atoms with Gasteiger partial charge >= 0.3 is 0 Å². The van der Waals surface area contributed by atoms with E-state index in [0.29, 0.717) is 12.1 Å². The van der Waals surface area contributed by atoms with Crippen LogP contribution >= 0.6 is 0 Å². The van der Waals surface area contributed by atoms with Crippen LogP contribution < -0.4 is 5.32 Å². The van der Waals surface area contributed by atoms with Gasteiger partial charge in [0.2, 0.25) is 0 Å². The second-order valence-corrected chi connectivity index (χ2v) is 5.20. The van der Waals surface area contributed by atoms with Gasteiger partial charge in [-0.1, -0.05) is 0 Å². The number of methoxy groups -OCH3 is 1. The molecule has 0 heterocycles. The molecule has 0 spiro atoms. The van der Waals surface area contributed by atoms with E-state index in [9.17, 15) is 0 Å². The molecule has 2 aliphatic carbocycles. The van der Waals surface area contributed by atoms with E-state index in [0.717, 1.165) is 32.2 Å². The molecule has 0 amide bonds. The van der Waals surface area contributed by atoms with Crippen molar-refractivity contribution in [1.29, 1.82) is 0 Å². The number of nitrogens with zero attached hydrogens (tertiary/aromatic N) is 1. The third-order valence-corrected chi connectivity index (χ3v) is 3.94. The van der Waals surface area contributed by atoms with Crippen LogP contribution in [0.2, 0.25) is 0 Å². The quantitative estimate of drug-likeness (QED) is 0.684. The first-order valence-electron chi connectivity index (χ1n) is 6.84. The van der Waals surface area contributed by atoms with Crippen molar-refractivity contribution in [2.45, 2.75) is 50.5 Å². The minimum atomic E-state index is 0.237. The van der Waals surface area contributed by atoms with E-state index in [1.165, 1.54) is 12.8 Å². The molecular weight excluding hydrogens is 216 g/mol. The van der Waals surface area contributed by atoms with Gasteiger partial charge in [-0.05, 0) is 33.2 Å². The number of hydrogen-bond acceptors (Lipinski definition) is 4. The average molecular weight is 242 g/mol. The lowest BCUT2D eigenvalue weighted by Crippen LogP contribution is -2.60. The highest BCUT2D eigenvalue weighted by atomic mass is 16.5. The first-order valence-corrected chi connectivity index (χ1v) is 6.84. The van der Waals surface area contributed by atoms with Crippen LogP contribution in [0.5, 0.6) is 0 Å². The monoisotopic (exact) mass is 242 g/mol. The van der Waals surface area contributed by atoms with E-state index in [4.69, 9.17) is 9.47 Å². The van der Waals surface area contributed by atoms with Crippen molar-refractivity contribution in [3.63, 3.8) is 0 Å². The van der Waals surface area contributed by atoms with Gasteiger partial charge in [0.25, 0.3) is 0 Å². The molecule has 0 aliphatic heterocycles. The summed E-state index contributed by atoms with van der Waals surface area (Å²) in [5.74, 6) is 0. The Hall–Kier alpha value is -0.160. The van der Waals surface area contributed by atoms with Crippen LogP contribution in [0.3, 0.4) is 0 Å². The lowest BCUT2D eigenvalue weighted by molar-refractivity contribution is -0.131. The van der Waals surface area contributed by atoms with Gasteiger partial charge < -0.3 is 19.7 Å².